The van der Waals surface area contributed by atoms with Crippen molar-refractivity contribution in [3.63, 3.8) is 0 Å². The minimum atomic E-state index is -1.43. The van der Waals surface area contributed by atoms with Crippen molar-refractivity contribution in [2.75, 3.05) is 19.6 Å². The van der Waals surface area contributed by atoms with Gasteiger partial charge in [-0.1, -0.05) is 79.7 Å². The highest BCUT2D eigenvalue weighted by Gasteiger charge is 2.37. The summed E-state index contributed by atoms with van der Waals surface area (Å²) in [6.07, 6.45) is 1.34. The van der Waals surface area contributed by atoms with E-state index in [1.807, 2.05) is 60.7 Å². The van der Waals surface area contributed by atoms with Gasteiger partial charge in [0.1, 0.15) is 0 Å². The van der Waals surface area contributed by atoms with E-state index in [2.05, 4.69) is 23.9 Å². The highest BCUT2D eigenvalue weighted by molar-refractivity contribution is 5.96. The van der Waals surface area contributed by atoms with Gasteiger partial charge in [-0.3, -0.25) is 0 Å². The molecule has 0 fully saturated rings. The summed E-state index contributed by atoms with van der Waals surface area (Å²) in [7, 11) is 0. The number of aliphatic hydroxyl groups is 1. The topological polar surface area (TPSA) is 56.1 Å². The predicted molar refractivity (Wildman–Crippen MR) is 102 cm³/mol. The van der Waals surface area contributed by atoms with Crippen LogP contribution in [0.2, 0.25) is 0 Å². The molecule has 2 aromatic carbocycles. The van der Waals surface area contributed by atoms with Crippen LogP contribution >= 0.6 is 0 Å². The fourth-order valence-electron chi connectivity index (χ4n) is 3.17. The average Bonchev–Trinajstić information content (AvgIpc) is 2.69. The molecule has 0 radical (unpaired) electrons. The Labute approximate surface area is 150 Å². The minimum absolute atomic E-state index is 0.372. The lowest BCUT2D eigenvalue weighted by molar-refractivity contribution is 0.146. The molecule has 2 rings (SSSR count). The van der Waals surface area contributed by atoms with Crippen LogP contribution in [-0.2, 0) is 5.60 Å². The first-order valence-corrected chi connectivity index (χ1v) is 8.94. The fraction of sp³-hybridized carbons (Fsp3) is 0.381. The van der Waals surface area contributed by atoms with E-state index < -0.39 is 5.60 Å². The third-order valence-corrected chi connectivity index (χ3v) is 4.70. The molecule has 4 heteroatoms. The normalized spacial score (nSPS) is 12.6. The molecule has 2 aromatic rings. The van der Waals surface area contributed by atoms with Crippen molar-refractivity contribution in [3.8, 4) is 0 Å². The third kappa shape index (κ3) is 4.47. The lowest BCUT2D eigenvalue weighted by Gasteiger charge is -2.30. The van der Waals surface area contributed by atoms with Crippen molar-refractivity contribution in [1.29, 1.82) is 0 Å². The molecular weight excluding hydrogens is 312 g/mol. The highest BCUT2D eigenvalue weighted by atomic mass is 16.4. The van der Waals surface area contributed by atoms with Crippen molar-refractivity contribution < 1.29 is 10.3 Å². The van der Waals surface area contributed by atoms with Crippen LogP contribution in [0, 0.1) is 0 Å². The molecule has 0 aliphatic carbocycles. The largest absolute Gasteiger partial charge is 0.411 e. The zero-order valence-corrected chi connectivity index (χ0v) is 15.1. The molecule has 0 atom stereocenters. The molecule has 0 heterocycles. The van der Waals surface area contributed by atoms with E-state index in [4.69, 9.17) is 0 Å². The van der Waals surface area contributed by atoms with Crippen molar-refractivity contribution >= 4 is 5.71 Å². The van der Waals surface area contributed by atoms with Crippen molar-refractivity contribution in [2.45, 2.75) is 32.3 Å². The Balaban J connectivity index is 2.31. The Kier molecular flexibility index (Phi) is 7.16. The summed E-state index contributed by atoms with van der Waals surface area (Å²) in [5.41, 5.74) is 0.353. The molecule has 0 amide bonds. The molecule has 4 nitrogen and oxygen atoms in total. The lowest BCUT2D eigenvalue weighted by Crippen LogP contribution is -2.37. The maximum Gasteiger partial charge on any atom is 0.156 e. The average molecular weight is 340 g/mol. The Hall–Kier alpha value is -2.17. The Bertz CT molecular complexity index is 613. The Morgan fingerprint density at radius 3 is 1.80 bits per heavy atom. The van der Waals surface area contributed by atoms with Gasteiger partial charge in [0.15, 0.2) is 5.60 Å². The van der Waals surface area contributed by atoms with Crippen LogP contribution in [0.25, 0.3) is 0 Å². The summed E-state index contributed by atoms with van der Waals surface area (Å²) in [4.78, 5) is 2.32. The Morgan fingerprint density at radius 1 is 0.920 bits per heavy atom. The highest BCUT2D eigenvalue weighted by Crippen LogP contribution is 2.32. The van der Waals surface area contributed by atoms with Crippen LogP contribution in [0.1, 0.15) is 37.8 Å². The molecule has 134 valence electrons. The SMILES string of the molecule is CCN(CC)CCC/C(=N/O)C(O)(c1ccccc1)c1ccccc1. The quantitative estimate of drug-likeness (QED) is 0.414. The summed E-state index contributed by atoms with van der Waals surface area (Å²) in [6, 6.07) is 18.8. The second-order valence-electron chi connectivity index (χ2n) is 6.12. The molecule has 0 aliphatic rings. The summed E-state index contributed by atoms with van der Waals surface area (Å²) in [5, 5.41) is 24.8. The molecule has 0 spiro atoms. The molecule has 0 saturated carbocycles. The van der Waals surface area contributed by atoms with Gasteiger partial charge in [-0.15, -0.1) is 0 Å². The van der Waals surface area contributed by atoms with E-state index in [-0.39, 0.29) is 0 Å². The van der Waals surface area contributed by atoms with Gasteiger partial charge >= 0.3 is 0 Å². The van der Waals surface area contributed by atoms with Gasteiger partial charge in [0.25, 0.3) is 0 Å². The monoisotopic (exact) mass is 340 g/mol. The molecule has 0 aliphatic heterocycles. The first-order valence-electron chi connectivity index (χ1n) is 8.94. The summed E-state index contributed by atoms with van der Waals surface area (Å²) in [5.74, 6) is 0. The van der Waals surface area contributed by atoms with E-state index in [1.54, 1.807) is 0 Å². The number of nitrogens with zero attached hydrogens (tertiary/aromatic N) is 2. The maximum atomic E-state index is 11.6. The van der Waals surface area contributed by atoms with Gasteiger partial charge in [0.05, 0.1) is 5.71 Å². The number of benzene rings is 2. The van der Waals surface area contributed by atoms with Crippen LogP contribution in [-0.4, -0.2) is 40.6 Å². The maximum absolute atomic E-state index is 11.6. The first kappa shape index (κ1) is 19.2. The number of hydrogen-bond donors (Lipinski definition) is 2. The standard InChI is InChI=1S/C21H28N2O2/c1-3-23(4-2)17-11-16-20(22-25)21(24,18-12-7-5-8-13-18)19-14-9-6-10-15-19/h5-10,12-15,24-25H,3-4,11,16-17H2,1-2H3/b22-20-. The second kappa shape index (κ2) is 9.35. The fourth-order valence-corrected chi connectivity index (χ4v) is 3.17. The second-order valence-corrected chi connectivity index (χ2v) is 6.12. The van der Waals surface area contributed by atoms with Crippen molar-refractivity contribution in [3.05, 3.63) is 71.8 Å². The van der Waals surface area contributed by atoms with Gasteiger partial charge in [0, 0.05) is 0 Å². The Morgan fingerprint density at radius 2 is 1.40 bits per heavy atom. The number of hydrogen-bond acceptors (Lipinski definition) is 4. The van der Waals surface area contributed by atoms with E-state index in [0.29, 0.717) is 23.3 Å². The van der Waals surface area contributed by atoms with Gasteiger partial charge in [-0.25, -0.2) is 0 Å². The molecule has 0 bridgehead atoms. The lowest BCUT2D eigenvalue weighted by atomic mass is 9.80. The van der Waals surface area contributed by atoms with Gasteiger partial charge in [0.2, 0.25) is 0 Å². The van der Waals surface area contributed by atoms with E-state index >= 15 is 0 Å². The molecule has 25 heavy (non-hydrogen) atoms. The summed E-state index contributed by atoms with van der Waals surface area (Å²) >= 11 is 0. The minimum Gasteiger partial charge on any atom is -0.411 e. The van der Waals surface area contributed by atoms with E-state index in [1.165, 1.54) is 0 Å². The van der Waals surface area contributed by atoms with E-state index in [0.717, 1.165) is 26.1 Å². The molecule has 0 saturated heterocycles. The molecule has 0 aromatic heterocycles. The van der Waals surface area contributed by atoms with Gasteiger partial charge in [-0.2, -0.15) is 0 Å². The van der Waals surface area contributed by atoms with Crippen LogP contribution in [0.3, 0.4) is 0 Å². The van der Waals surface area contributed by atoms with Crippen LogP contribution in [0.15, 0.2) is 65.8 Å². The molecule has 0 unspecified atom stereocenters. The summed E-state index contributed by atoms with van der Waals surface area (Å²) < 4.78 is 0. The molecular formula is C21H28N2O2. The predicted octanol–water partition coefficient (Wildman–Crippen LogP) is 3.87. The van der Waals surface area contributed by atoms with Crippen molar-refractivity contribution in [2.24, 2.45) is 5.16 Å². The van der Waals surface area contributed by atoms with Crippen LogP contribution in [0.5, 0.6) is 0 Å². The van der Waals surface area contributed by atoms with Crippen molar-refractivity contribution in [1.82, 2.24) is 4.90 Å². The molecule has 2 N–H and O–H groups in total. The number of oxime groups is 1. The zero-order chi connectivity index (χ0) is 18.1. The summed E-state index contributed by atoms with van der Waals surface area (Å²) in [6.45, 7) is 7.16. The number of rotatable bonds is 9. The third-order valence-electron chi connectivity index (χ3n) is 4.70. The van der Waals surface area contributed by atoms with Crippen LogP contribution < -0.4 is 0 Å². The van der Waals surface area contributed by atoms with E-state index in [9.17, 15) is 10.3 Å². The smallest absolute Gasteiger partial charge is 0.156 e. The zero-order valence-electron chi connectivity index (χ0n) is 15.1. The van der Waals surface area contributed by atoms with Crippen LogP contribution in [0.4, 0.5) is 0 Å². The first-order chi connectivity index (χ1) is 12.2. The van der Waals surface area contributed by atoms with Gasteiger partial charge < -0.3 is 15.2 Å². The van der Waals surface area contributed by atoms with Gasteiger partial charge in [-0.05, 0) is 43.6 Å².